The van der Waals surface area contributed by atoms with Crippen LogP contribution in [-0.4, -0.2) is 27.4 Å². The van der Waals surface area contributed by atoms with Gasteiger partial charge in [-0.3, -0.25) is 9.36 Å². The summed E-state index contributed by atoms with van der Waals surface area (Å²) < 4.78 is 17.2. The molecule has 0 saturated heterocycles. The molecule has 1 aromatic carbocycles. The summed E-state index contributed by atoms with van der Waals surface area (Å²) in [6.45, 7) is 10.2. The van der Waals surface area contributed by atoms with E-state index in [2.05, 4.69) is 4.98 Å². The second-order valence-corrected chi connectivity index (χ2v) is 8.51. The molecule has 33 heavy (non-hydrogen) atoms. The number of carbonyl (C=O) groups excluding carboxylic acids is 2. The molecule has 3 aromatic rings. The molecule has 0 fully saturated rings. The summed E-state index contributed by atoms with van der Waals surface area (Å²) in [5, 5.41) is 10.2. The van der Waals surface area contributed by atoms with E-state index in [0.29, 0.717) is 27.8 Å². The maximum Gasteiger partial charge on any atom is 0.514 e. The number of carbonyl (C=O) groups is 2. The van der Waals surface area contributed by atoms with Crippen molar-refractivity contribution in [3.63, 3.8) is 0 Å². The topological polar surface area (TPSA) is 149 Å². The standard InChI is InChI=1S/C23H24N4O6/c1-11-7-8-16(31-22(30)33-23(4,5)6)13(3)17(11)27-18-14(9-12(2)19(28)26-18)15(10-24)20(27)32-21(25)29/h7-9H,1-6H3,(H2,25,29)(H,26,28). The highest BCUT2D eigenvalue weighted by molar-refractivity contribution is 5.90. The van der Waals surface area contributed by atoms with Gasteiger partial charge < -0.3 is 24.9 Å². The number of aromatic nitrogens is 2. The van der Waals surface area contributed by atoms with Crippen molar-refractivity contribution in [1.29, 1.82) is 5.26 Å². The Morgan fingerprint density at radius 3 is 2.36 bits per heavy atom. The SMILES string of the molecule is Cc1ccc(OC(=O)OC(C)(C)C)c(C)c1-n1c(OC(N)=O)c(C#N)c2cc(C)c(=O)[nH]c21. The number of nitriles is 1. The molecule has 3 N–H and O–H groups in total. The van der Waals surface area contributed by atoms with Crippen molar-refractivity contribution in [1.82, 2.24) is 9.55 Å². The van der Waals surface area contributed by atoms with Gasteiger partial charge in [0, 0.05) is 16.5 Å². The lowest BCUT2D eigenvalue weighted by Crippen LogP contribution is -2.26. The largest absolute Gasteiger partial charge is 0.514 e. The van der Waals surface area contributed by atoms with Crippen LogP contribution >= 0.6 is 0 Å². The lowest BCUT2D eigenvalue weighted by Gasteiger charge is -2.21. The minimum absolute atomic E-state index is 0.0143. The molecule has 10 nitrogen and oxygen atoms in total. The number of hydrogen-bond acceptors (Lipinski definition) is 7. The molecule has 1 amide bonds. The van der Waals surface area contributed by atoms with Crippen LogP contribution in [0.4, 0.5) is 9.59 Å². The van der Waals surface area contributed by atoms with Gasteiger partial charge in [0.2, 0.25) is 5.88 Å². The zero-order valence-corrected chi connectivity index (χ0v) is 19.2. The van der Waals surface area contributed by atoms with Gasteiger partial charge in [-0.15, -0.1) is 0 Å². The van der Waals surface area contributed by atoms with Gasteiger partial charge in [0.15, 0.2) is 0 Å². The van der Waals surface area contributed by atoms with E-state index in [1.54, 1.807) is 53.7 Å². The van der Waals surface area contributed by atoms with Gasteiger partial charge in [0.25, 0.3) is 5.56 Å². The van der Waals surface area contributed by atoms with Gasteiger partial charge in [0.05, 0.1) is 5.69 Å². The molecule has 0 aliphatic rings. The van der Waals surface area contributed by atoms with Crippen molar-refractivity contribution in [2.45, 2.75) is 47.1 Å². The summed E-state index contributed by atoms with van der Waals surface area (Å²) in [7, 11) is 0. The van der Waals surface area contributed by atoms with Crippen molar-refractivity contribution in [2.24, 2.45) is 5.73 Å². The molecule has 0 spiro atoms. The molecule has 0 aliphatic carbocycles. The van der Waals surface area contributed by atoms with E-state index >= 15 is 0 Å². The number of nitrogens with one attached hydrogen (secondary N) is 1. The normalized spacial score (nSPS) is 11.2. The quantitative estimate of drug-likeness (QED) is 0.452. The van der Waals surface area contributed by atoms with Gasteiger partial charge in [-0.2, -0.15) is 5.26 Å². The Balaban J connectivity index is 2.33. The van der Waals surface area contributed by atoms with Crippen molar-refractivity contribution in [3.8, 4) is 23.4 Å². The maximum atomic E-state index is 12.4. The summed E-state index contributed by atoms with van der Waals surface area (Å²) in [6, 6.07) is 6.82. The lowest BCUT2D eigenvalue weighted by molar-refractivity contribution is 0.0205. The second kappa shape index (κ2) is 8.35. The number of amides is 1. The highest BCUT2D eigenvalue weighted by atomic mass is 16.7. The Labute approximate surface area is 189 Å². The number of pyridine rings is 1. The number of ether oxygens (including phenoxy) is 3. The van der Waals surface area contributed by atoms with E-state index in [-0.39, 0.29) is 28.4 Å². The van der Waals surface area contributed by atoms with Crippen molar-refractivity contribution in [2.75, 3.05) is 0 Å². The smallest absolute Gasteiger partial charge is 0.428 e. The van der Waals surface area contributed by atoms with Crippen LogP contribution in [0, 0.1) is 32.1 Å². The van der Waals surface area contributed by atoms with Crippen LogP contribution in [-0.2, 0) is 4.74 Å². The average molecular weight is 452 g/mol. The van der Waals surface area contributed by atoms with Crippen LogP contribution in [0.5, 0.6) is 11.6 Å². The minimum atomic E-state index is -1.13. The molecule has 0 radical (unpaired) electrons. The molecule has 172 valence electrons. The van der Waals surface area contributed by atoms with E-state index in [9.17, 15) is 19.6 Å². The van der Waals surface area contributed by atoms with Crippen LogP contribution in [0.15, 0.2) is 23.0 Å². The van der Waals surface area contributed by atoms with Crippen LogP contribution in [0.3, 0.4) is 0 Å². The maximum absolute atomic E-state index is 12.4. The van der Waals surface area contributed by atoms with Crippen LogP contribution in [0.2, 0.25) is 0 Å². The van der Waals surface area contributed by atoms with E-state index in [4.69, 9.17) is 19.9 Å². The first-order chi connectivity index (χ1) is 15.3. The fraction of sp³-hybridized carbons (Fsp3) is 0.304. The monoisotopic (exact) mass is 452 g/mol. The van der Waals surface area contributed by atoms with Gasteiger partial charge in [0.1, 0.15) is 28.6 Å². The Kier molecular flexibility index (Phi) is 5.92. The number of rotatable bonds is 3. The number of H-pyrrole nitrogens is 1. The molecule has 0 unspecified atom stereocenters. The third kappa shape index (κ3) is 4.52. The predicted molar refractivity (Wildman–Crippen MR) is 120 cm³/mol. The van der Waals surface area contributed by atoms with E-state index in [0.717, 1.165) is 0 Å². The van der Waals surface area contributed by atoms with Gasteiger partial charge in [-0.05, 0) is 59.2 Å². The van der Waals surface area contributed by atoms with E-state index < -0.39 is 17.8 Å². The van der Waals surface area contributed by atoms with Crippen LogP contribution in [0.1, 0.15) is 43.0 Å². The number of nitrogens with zero attached hydrogens (tertiary/aromatic N) is 2. The van der Waals surface area contributed by atoms with Gasteiger partial charge >= 0.3 is 12.2 Å². The summed E-state index contributed by atoms with van der Waals surface area (Å²) >= 11 is 0. The first-order valence-electron chi connectivity index (χ1n) is 10.0. The Hall–Kier alpha value is -4.26. The molecule has 0 bridgehead atoms. The molecular weight excluding hydrogens is 428 g/mol. The molecule has 2 aromatic heterocycles. The van der Waals surface area contributed by atoms with Gasteiger partial charge in [-0.1, -0.05) is 6.07 Å². The third-order valence-electron chi connectivity index (χ3n) is 4.81. The summed E-state index contributed by atoms with van der Waals surface area (Å²) in [5.74, 6) is 0.0200. The van der Waals surface area contributed by atoms with Crippen LogP contribution < -0.4 is 20.8 Å². The number of benzene rings is 1. The molecule has 2 heterocycles. The number of primary amides is 1. The molecule has 3 rings (SSSR count). The lowest BCUT2D eigenvalue weighted by atomic mass is 10.1. The Bertz CT molecular complexity index is 1390. The zero-order chi connectivity index (χ0) is 24.7. The number of aryl methyl sites for hydroxylation is 2. The molecular formula is C23H24N4O6. The summed E-state index contributed by atoms with van der Waals surface area (Å²) in [5.41, 5.74) is 6.32. The van der Waals surface area contributed by atoms with E-state index in [1.807, 2.05) is 6.07 Å². The van der Waals surface area contributed by atoms with E-state index in [1.165, 1.54) is 10.6 Å². The molecule has 10 heteroatoms. The minimum Gasteiger partial charge on any atom is -0.428 e. The number of hydrogen-bond donors (Lipinski definition) is 2. The molecule has 0 aliphatic heterocycles. The second-order valence-electron chi connectivity index (χ2n) is 8.51. The fourth-order valence-electron chi connectivity index (χ4n) is 3.47. The Morgan fingerprint density at radius 2 is 1.79 bits per heavy atom. The molecule has 0 saturated carbocycles. The fourth-order valence-corrected chi connectivity index (χ4v) is 3.47. The van der Waals surface area contributed by atoms with Crippen molar-refractivity contribution < 1.29 is 23.8 Å². The summed E-state index contributed by atoms with van der Waals surface area (Å²) in [4.78, 5) is 39.0. The highest BCUT2D eigenvalue weighted by Gasteiger charge is 2.26. The first kappa shape index (κ1) is 23.4. The van der Waals surface area contributed by atoms with Crippen molar-refractivity contribution >= 4 is 23.3 Å². The average Bonchev–Trinajstić information content (AvgIpc) is 2.95. The van der Waals surface area contributed by atoms with Gasteiger partial charge in [-0.25, -0.2) is 9.59 Å². The predicted octanol–water partition coefficient (Wildman–Crippen LogP) is 3.89. The number of aromatic amines is 1. The zero-order valence-electron chi connectivity index (χ0n) is 19.2. The Morgan fingerprint density at radius 1 is 1.12 bits per heavy atom. The number of nitrogens with two attached hydrogens (primary N) is 1. The third-order valence-corrected chi connectivity index (χ3v) is 4.81. The van der Waals surface area contributed by atoms with Crippen molar-refractivity contribution in [3.05, 3.63) is 50.8 Å². The first-order valence-corrected chi connectivity index (χ1v) is 10.0. The summed E-state index contributed by atoms with van der Waals surface area (Å²) in [6.07, 6.45) is -2.03. The number of fused-ring (bicyclic) bond motifs is 1. The van der Waals surface area contributed by atoms with Crippen LogP contribution in [0.25, 0.3) is 16.7 Å². The highest BCUT2D eigenvalue weighted by Crippen LogP contribution is 2.38. The molecule has 0 atom stereocenters.